The lowest BCUT2D eigenvalue weighted by Gasteiger charge is -2.30. The van der Waals surface area contributed by atoms with Gasteiger partial charge in [-0.2, -0.15) is 0 Å². The molecule has 21 heavy (non-hydrogen) atoms. The van der Waals surface area contributed by atoms with Crippen LogP contribution in [-0.2, 0) is 18.0 Å². The number of rotatable bonds is 16. The van der Waals surface area contributed by atoms with Gasteiger partial charge in [0.2, 0.25) is 0 Å². The van der Waals surface area contributed by atoms with E-state index in [1.54, 1.807) is 0 Å². The summed E-state index contributed by atoms with van der Waals surface area (Å²) in [7, 11) is -2.57. The molecule has 0 heterocycles. The molecular weight excluding hydrogens is 284 g/mol. The van der Waals surface area contributed by atoms with Crippen LogP contribution in [0.1, 0.15) is 66.2 Å². The molecule has 0 unspecified atom stereocenters. The fourth-order valence-electron chi connectivity index (χ4n) is 1.80. The summed E-state index contributed by atoms with van der Waals surface area (Å²) in [6.45, 7) is 12.1. The molecule has 0 aromatic rings. The summed E-state index contributed by atoms with van der Waals surface area (Å²) in [5.74, 6) is 0. The van der Waals surface area contributed by atoms with Gasteiger partial charge in [-0.3, -0.25) is 0 Å². The summed E-state index contributed by atoms with van der Waals surface area (Å²) >= 11 is 0. The Morgan fingerprint density at radius 3 is 1.38 bits per heavy atom. The fraction of sp³-hybridized carbons (Fsp3) is 1.00. The molecule has 0 atom stereocenters. The van der Waals surface area contributed by atoms with Gasteiger partial charge in [0.25, 0.3) is 0 Å². The molecule has 128 valence electrons. The van der Waals surface area contributed by atoms with Gasteiger partial charge in [0.1, 0.15) is 0 Å². The minimum Gasteiger partial charge on any atom is -0.382 e. The minimum absolute atomic E-state index is 0.660. The maximum Gasteiger partial charge on any atom is 0.503 e. The van der Waals surface area contributed by atoms with Crippen molar-refractivity contribution in [3.05, 3.63) is 0 Å². The smallest absolute Gasteiger partial charge is 0.382 e. The Balaban J connectivity index is 4.52. The van der Waals surface area contributed by atoms with Crippen LogP contribution < -0.4 is 0 Å². The van der Waals surface area contributed by atoms with Gasteiger partial charge in [-0.05, 0) is 26.2 Å². The molecular formula is C16H36O4Si. The molecule has 0 aromatic heterocycles. The average Bonchev–Trinajstić information content (AvgIpc) is 2.48. The van der Waals surface area contributed by atoms with Crippen molar-refractivity contribution in [2.24, 2.45) is 0 Å². The summed E-state index contributed by atoms with van der Waals surface area (Å²) in [6, 6.07) is 0.762. The second-order valence-corrected chi connectivity index (χ2v) is 7.97. The van der Waals surface area contributed by atoms with Crippen molar-refractivity contribution in [1.29, 1.82) is 0 Å². The van der Waals surface area contributed by atoms with Crippen LogP contribution in [0.25, 0.3) is 0 Å². The van der Waals surface area contributed by atoms with Crippen molar-refractivity contribution in [3.8, 4) is 0 Å². The van der Waals surface area contributed by atoms with Crippen LogP contribution in [0.4, 0.5) is 0 Å². The Labute approximate surface area is 132 Å². The second-order valence-electron chi connectivity index (χ2n) is 5.24. The third kappa shape index (κ3) is 11.3. The maximum absolute atomic E-state index is 6.12. The molecule has 0 rings (SSSR count). The van der Waals surface area contributed by atoms with E-state index in [1.807, 2.05) is 6.92 Å². The molecule has 0 N–H and O–H groups in total. The van der Waals surface area contributed by atoms with Gasteiger partial charge in [-0.15, -0.1) is 0 Å². The highest BCUT2D eigenvalue weighted by atomic mass is 28.4. The first-order chi connectivity index (χ1) is 10.2. The van der Waals surface area contributed by atoms with E-state index >= 15 is 0 Å². The number of hydrogen-bond acceptors (Lipinski definition) is 4. The van der Waals surface area contributed by atoms with E-state index in [9.17, 15) is 0 Å². The zero-order chi connectivity index (χ0) is 15.8. The normalized spacial score (nSPS) is 12.0. The molecule has 0 saturated heterocycles. The first kappa shape index (κ1) is 21.1. The van der Waals surface area contributed by atoms with Crippen molar-refractivity contribution in [3.63, 3.8) is 0 Å². The van der Waals surface area contributed by atoms with Crippen LogP contribution >= 0.6 is 0 Å². The Morgan fingerprint density at radius 2 is 1.05 bits per heavy atom. The van der Waals surface area contributed by atoms with Gasteiger partial charge in [-0.25, -0.2) is 0 Å². The number of ether oxygens (including phenoxy) is 1. The summed E-state index contributed by atoms with van der Waals surface area (Å²) in [4.78, 5) is 0. The minimum atomic E-state index is -2.57. The Bertz CT molecular complexity index is 169. The third-order valence-electron chi connectivity index (χ3n) is 3.22. The number of hydrogen-bond donors (Lipinski definition) is 0. The molecule has 0 radical (unpaired) electrons. The predicted molar refractivity (Wildman–Crippen MR) is 89.6 cm³/mol. The third-order valence-corrected chi connectivity index (χ3v) is 5.96. The van der Waals surface area contributed by atoms with Crippen molar-refractivity contribution in [1.82, 2.24) is 0 Å². The molecule has 0 aliphatic rings. The maximum atomic E-state index is 6.12. The fourth-order valence-corrected chi connectivity index (χ4v) is 4.24. The molecule has 0 amide bonds. The largest absolute Gasteiger partial charge is 0.503 e. The van der Waals surface area contributed by atoms with Crippen LogP contribution in [0.5, 0.6) is 0 Å². The van der Waals surface area contributed by atoms with Gasteiger partial charge in [-0.1, -0.05) is 40.0 Å². The Kier molecular flexibility index (Phi) is 15.0. The summed E-state index contributed by atoms with van der Waals surface area (Å²) in [6.07, 6.45) is 6.53. The van der Waals surface area contributed by atoms with Crippen molar-refractivity contribution in [2.75, 3.05) is 33.0 Å². The second kappa shape index (κ2) is 15.0. The van der Waals surface area contributed by atoms with Crippen LogP contribution in [-0.4, -0.2) is 41.8 Å². The zero-order valence-electron chi connectivity index (χ0n) is 14.6. The zero-order valence-corrected chi connectivity index (χ0v) is 15.6. The van der Waals surface area contributed by atoms with Crippen LogP contribution in [0.15, 0.2) is 0 Å². The number of unbranched alkanes of at least 4 members (excludes halogenated alkanes) is 3. The van der Waals surface area contributed by atoms with Crippen LogP contribution in [0, 0.1) is 0 Å². The molecule has 0 aromatic carbocycles. The van der Waals surface area contributed by atoms with Crippen molar-refractivity contribution >= 4 is 8.80 Å². The molecule has 0 aliphatic heterocycles. The molecule has 0 spiro atoms. The first-order valence-corrected chi connectivity index (χ1v) is 10.7. The first-order valence-electron chi connectivity index (χ1n) is 8.74. The molecule has 5 heteroatoms. The average molecular weight is 321 g/mol. The van der Waals surface area contributed by atoms with Gasteiger partial charge in [0.15, 0.2) is 0 Å². The Morgan fingerprint density at radius 1 is 0.619 bits per heavy atom. The predicted octanol–water partition coefficient (Wildman–Crippen LogP) is 4.41. The van der Waals surface area contributed by atoms with E-state index < -0.39 is 8.80 Å². The van der Waals surface area contributed by atoms with Crippen LogP contribution in [0.3, 0.4) is 0 Å². The lowest BCUT2D eigenvalue weighted by Crippen LogP contribution is -2.47. The molecule has 0 aliphatic carbocycles. The van der Waals surface area contributed by atoms with Gasteiger partial charge in [0.05, 0.1) is 6.61 Å². The van der Waals surface area contributed by atoms with Crippen molar-refractivity contribution < 1.29 is 18.0 Å². The highest BCUT2D eigenvalue weighted by Crippen LogP contribution is 2.18. The quantitative estimate of drug-likeness (QED) is 0.312. The van der Waals surface area contributed by atoms with Gasteiger partial charge < -0.3 is 18.0 Å². The highest BCUT2D eigenvalue weighted by molar-refractivity contribution is 6.60. The van der Waals surface area contributed by atoms with Crippen LogP contribution in [0.2, 0.25) is 6.04 Å². The molecule has 0 bridgehead atoms. The monoisotopic (exact) mass is 320 g/mol. The van der Waals surface area contributed by atoms with E-state index in [0.29, 0.717) is 6.61 Å². The van der Waals surface area contributed by atoms with E-state index in [2.05, 4.69) is 20.8 Å². The highest BCUT2D eigenvalue weighted by Gasteiger charge is 2.40. The van der Waals surface area contributed by atoms with E-state index in [-0.39, 0.29) is 0 Å². The standard InChI is InChI=1S/C16H36O4Si/c1-5-9-12-18-21(16-15-17-8-4,19-13-10-6-2)20-14-11-7-3/h5-16H2,1-4H3. The topological polar surface area (TPSA) is 36.9 Å². The van der Waals surface area contributed by atoms with Gasteiger partial charge in [0, 0.05) is 32.5 Å². The van der Waals surface area contributed by atoms with Crippen molar-refractivity contribution in [2.45, 2.75) is 72.3 Å². The van der Waals surface area contributed by atoms with E-state index in [0.717, 1.165) is 71.0 Å². The SMILES string of the molecule is CCCCO[Si](CCOCC)(OCCCC)OCCCC. The van der Waals surface area contributed by atoms with E-state index in [4.69, 9.17) is 18.0 Å². The molecule has 0 saturated carbocycles. The summed E-state index contributed by atoms with van der Waals surface area (Å²) < 4.78 is 23.9. The summed E-state index contributed by atoms with van der Waals surface area (Å²) in [5, 5.41) is 0. The Hall–Kier alpha value is 0.0569. The molecule has 4 nitrogen and oxygen atoms in total. The van der Waals surface area contributed by atoms with E-state index in [1.165, 1.54) is 0 Å². The summed E-state index contributed by atoms with van der Waals surface area (Å²) in [5.41, 5.74) is 0. The lowest BCUT2D eigenvalue weighted by atomic mass is 10.4. The molecule has 0 fully saturated rings. The lowest BCUT2D eigenvalue weighted by molar-refractivity contribution is 0.0464. The van der Waals surface area contributed by atoms with Gasteiger partial charge >= 0.3 is 8.80 Å².